The fourth-order valence-corrected chi connectivity index (χ4v) is 3.53. The van der Waals surface area contributed by atoms with E-state index in [0.29, 0.717) is 33.8 Å². The Morgan fingerprint density at radius 2 is 2.03 bits per heavy atom. The van der Waals surface area contributed by atoms with Gasteiger partial charge in [-0.25, -0.2) is 14.5 Å². The molecule has 0 aliphatic carbocycles. The average Bonchev–Trinajstić information content (AvgIpc) is 3.23. The average molecular weight is 453 g/mol. The fourth-order valence-electron chi connectivity index (χ4n) is 3.33. The highest BCUT2D eigenvalue weighted by Gasteiger charge is 2.15. The lowest BCUT2D eigenvalue weighted by atomic mass is 10.2. The number of nitrogens with one attached hydrogen (secondary N) is 3. The molecule has 0 fully saturated rings. The summed E-state index contributed by atoms with van der Waals surface area (Å²) in [6.45, 7) is 4.57. The maximum Gasteiger partial charge on any atom is 0.227 e. The van der Waals surface area contributed by atoms with Crippen LogP contribution in [0.25, 0.3) is 16.8 Å². The fraction of sp³-hybridized carbons (Fsp3) is 0.227. The van der Waals surface area contributed by atoms with Crippen molar-refractivity contribution >= 4 is 40.1 Å². The molecule has 9 nitrogen and oxygen atoms in total. The molecule has 32 heavy (non-hydrogen) atoms. The first-order chi connectivity index (χ1) is 15.6. The van der Waals surface area contributed by atoms with Crippen LogP contribution in [0, 0.1) is 0 Å². The van der Waals surface area contributed by atoms with Crippen molar-refractivity contribution in [1.29, 1.82) is 0 Å². The standard InChI is InChI=1S/C22H25ClN8O/c1-3-25-7-8-26-17-11-20(32-2)18(10-16(17)24)29-22-27-13-15(23)21(30-22)14-12-28-31-9-5-4-6-19(14)31/h4-6,9-13,25-26H,3,7-8,24H2,1-2H3,(H,27,29,30). The van der Waals surface area contributed by atoms with Gasteiger partial charge in [0.2, 0.25) is 5.95 Å². The molecule has 0 saturated heterocycles. The molecule has 4 aromatic rings. The van der Waals surface area contributed by atoms with Crippen molar-refractivity contribution in [2.45, 2.75) is 6.92 Å². The summed E-state index contributed by atoms with van der Waals surface area (Å²) in [6, 6.07) is 9.45. The largest absolute Gasteiger partial charge is 0.494 e. The van der Waals surface area contributed by atoms with E-state index in [1.807, 2.05) is 30.5 Å². The van der Waals surface area contributed by atoms with Crippen LogP contribution in [-0.4, -0.2) is 46.3 Å². The Bertz CT molecular complexity index is 1230. The first kappa shape index (κ1) is 21.7. The van der Waals surface area contributed by atoms with Gasteiger partial charge in [0.05, 0.1) is 52.8 Å². The van der Waals surface area contributed by atoms with Crippen molar-refractivity contribution in [2.24, 2.45) is 0 Å². The third-order valence-corrected chi connectivity index (χ3v) is 5.19. The molecule has 0 aliphatic rings. The van der Waals surface area contributed by atoms with E-state index in [-0.39, 0.29) is 0 Å². The third-order valence-electron chi connectivity index (χ3n) is 4.91. The number of hydrogen-bond donors (Lipinski definition) is 4. The van der Waals surface area contributed by atoms with Crippen LogP contribution in [0.2, 0.25) is 5.02 Å². The number of pyridine rings is 1. The van der Waals surface area contributed by atoms with E-state index in [1.165, 1.54) is 0 Å². The second-order valence-electron chi connectivity index (χ2n) is 7.02. The molecule has 0 aliphatic heterocycles. The topological polar surface area (TPSA) is 114 Å². The number of ether oxygens (including phenoxy) is 1. The van der Waals surface area contributed by atoms with Crippen molar-refractivity contribution < 1.29 is 4.74 Å². The zero-order valence-corrected chi connectivity index (χ0v) is 18.6. The summed E-state index contributed by atoms with van der Waals surface area (Å²) >= 11 is 6.42. The van der Waals surface area contributed by atoms with E-state index >= 15 is 0 Å². The number of benzene rings is 1. The minimum atomic E-state index is 0.366. The minimum absolute atomic E-state index is 0.366. The van der Waals surface area contributed by atoms with Crippen molar-refractivity contribution in [1.82, 2.24) is 24.9 Å². The number of nitrogens with zero attached hydrogens (tertiary/aromatic N) is 4. The van der Waals surface area contributed by atoms with Gasteiger partial charge in [-0.2, -0.15) is 5.10 Å². The lowest BCUT2D eigenvalue weighted by molar-refractivity contribution is 0.417. The van der Waals surface area contributed by atoms with Crippen LogP contribution in [0.3, 0.4) is 0 Å². The van der Waals surface area contributed by atoms with Crippen molar-refractivity contribution in [3.05, 3.63) is 53.9 Å². The Kier molecular flexibility index (Phi) is 6.58. The number of likely N-dealkylation sites (N-methyl/N-ethyl adjacent to an activating group) is 1. The Morgan fingerprint density at radius 3 is 2.84 bits per heavy atom. The second kappa shape index (κ2) is 9.71. The SMILES string of the molecule is CCNCCNc1cc(OC)c(Nc2ncc(Cl)c(-c3cnn4ccccc34)n2)cc1N. The van der Waals surface area contributed by atoms with Crippen LogP contribution in [0.1, 0.15) is 6.92 Å². The van der Waals surface area contributed by atoms with Gasteiger partial charge in [-0.3, -0.25) is 0 Å². The highest BCUT2D eigenvalue weighted by molar-refractivity contribution is 6.33. The molecular weight excluding hydrogens is 428 g/mol. The molecule has 0 unspecified atom stereocenters. The number of nitrogens with two attached hydrogens (primary N) is 1. The molecule has 3 heterocycles. The van der Waals surface area contributed by atoms with Gasteiger partial charge in [-0.1, -0.05) is 24.6 Å². The van der Waals surface area contributed by atoms with E-state index in [4.69, 9.17) is 22.1 Å². The molecule has 4 rings (SSSR count). The van der Waals surface area contributed by atoms with Crippen LogP contribution in [0.5, 0.6) is 5.75 Å². The highest BCUT2D eigenvalue weighted by atomic mass is 35.5. The van der Waals surface area contributed by atoms with E-state index < -0.39 is 0 Å². The molecule has 10 heteroatoms. The first-order valence-electron chi connectivity index (χ1n) is 10.2. The van der Waals surface area contributed by atoms with Crippen molar-refractivity contribution in [3.63, 3.8) is 0 Å². The Morgan fingerprint density at radius 1 is 1.16 bits per heavy atom. The first-order valence-corrected chi connectivity index (χ1v) is 10.6. The van der Waals surface area contributed by atoms with Gasteiger partial charge in [0, 0.05) is 30.9 Å². The normalized spacial score (nSPS) is 11.0. The zero-order valence-electron chi connectivity index (χ0n) is 17.9. The van der Waals surface area contributed by atoms with E-state index in [1.54, 1.807) is 30.1 Å². The quantitative estimate of drug-likeness (QED) is 0.224. The number of nitrogen functional groups attached to an aromatic ring is 1. The second-order valence-corrected chi connectivity index (χ2v) is 7.43. The predicted octanol–water partition coefficient (Wildman–Crippen LogP) is 3.80. The van der Waals surface area contributed by atoms with Crippen LogP contribution in [-0.2, 0) is 0 Å². The smallest absolute Gasteiger partial charge is 0.227 e. The number of fused-ring (bicyclic) bond motifs is 1. The van der Waals surface area contributed by atoms with Crippen LogP contribution < -0.4 is 26.4 Å². The van der Waals surface area contributed by atoms with E-state index in [2.05, 4.69) is 37.9 Å². The van der Waals surface area contributed by atoms with Crippen molar-refractivity contribution in [2.75, 3.05) is 43.1 Å². The van der Waals surface area contributed by atoms with Gasteiger partial charge < -0.3 is 26.4 Å². The molecule has 1 aromatic carbocycles. The van der Waals surface area contributed by atoms with Gasteiger partial charge in [-0.15, -0.1) is 0 Å². The summed E-state index contributed by atoms with van der Waals surface area (Å²) in [4.78, 5) is 8.95. The summed E-state index contributed by atoms with van der Waals surface area (Å²) in [5.41, 5.74) is 10.6. The number of hydrogen-bond acceptors (Lipinski definition) is 8. The monoisotopic (exact) mass is 452 g/mol. The number of aromatic nitrogens is 4. The highest BCUT2D eigenvalue weighted by Crippen LogP contribution is 2.35. The Hall–Kier alpha value is -3.56. The summed E-state index contributed by atoms with van der Waals surface area (Å²) < 4.78 is 7.33. The summed E-state index contributed by atoms with van der Waals surface area (Å²) in [6.07, 6.45) is 5.17. The molecule has 0 saturated carbocycles. The minimum Gasteiger partial charge on any atom is -0.494 e. The maximum atomic E-state index is 6.42. The van der Waals surface area contributed by atoms with Gasteiger partial charge in [0.25, 0.3) is 0 Å². The van der Waals surface area contributed by atoms with Gasteiger partial charge in [-0.05, 0) is 24.7 Å². The van der Waals surface area contributed by atoms with Gasteiger partial charge in [0.1, 0.15) is 5.75 Å². The molecular formula is C22H25ClN8O. The molecule has 0 amide bonds. The summed E-state index contributed by atoms with van der Waals surface area (Å²) in [7, 11) is 1.60. The molecule has 0 radical (unpaired) electrons. The summed E-state index contributed by atoms with van der Waals surface area (Å²) in [5, 5.41) is 14.6. The molecule has 0 atom stereocenters. The number of rotatable bonds is 9. The molecule has 0 spiro atoms. The maximum absolute atomic E-state index is 6.42. The van der Waals surface area contributed by atoms with Gasteiger partial charge in [0.15, 0.2) is 0 Å². The number of halogens is 1. The third kappa shape index (κ3) is 4.53. The molecule has 3 aromatic heterocycles. The van der Waals surface area contributed by atoms with E-state index in [9.17, 15) is 0 Å². The van der Waals surface area contributed by atoms with E-state index in [0.717, 1.165) is 36.4 Å². The van der Waals surface area contributed by atoms with Crippen molar-refractivity contribution in [3.8, 4) is 17.0 Å². The number of anilines is 4. The Labute approximate surface area is 191 Å². The molecule has 0 bridgehead atoms. The number of methoxy groups -OCH3 is 1. The summed E-state index contributed by atoms with van der Waals surface area (Å²) in [5.74, 6) is 0.978. The molecule has 166 valence electrons. The lowest BCUT2D eigenvalue weighted by Crippen LogP contribution is -2.21. The van der Waals surface area contributed by atoms with Crippen LogP contribution in [0.4, 0.5) is 23.0 Å². The lowest BCUT2D eigenvalue weighted by Gasteiger charge is -2.16. The van der Waals surface area contributed by atoms with Crippen LogP contribution >= 0.6 is 11.6 Å². The van der Waals surface area contributed by atoms with Crippen LogP contribution in [0.15, 0.2) is 48.9 Å². The Balaban J connectivity index is 1.62. The van der Waals surface area contributed by atoms with Gasteiger partial charge >= 0.3 is 0 Å². The predicted molar refractivity (Wildman–Crippen MR) is 129 cm³/mol. The molecule has 5 N–H and O–H groups in total. The zero-order chi connectivity index (χ0) is 22.5.